The Kier molecular flexibility index (Phi) is 6.22. The highest BCUT2D eigenvalue weighted by Crippen LogP contribution is 2.15. The number of carbonyl (C=O) groups is 2. The Morgan fingerprint density at radius 3 is 2.30 bits per heavy atom. The summed E-state index contributed by atoms with van der Waals surface area (Å²) < 4.78 is 0. The molecule has 1 atom stereocenters. The standard InChI is InChI=1S/C16H23NO3/c1-11(2)8-13(9-15(18)19)10-17-16(20)14-6-4-12(3)5-7-14/h4-7,11,13H,8-10H2,1-3H3,(H,17,20)(H,18,19)/t13-/m0/s1. The molecule has 0 saturated heterocycles. The van der Waals surface area contributed by atoms with Crippen molar-refractivity contribution >= 4 is 11.9 Å². The first-order valence-corrected chi connectivity index (χ1v) is 6.95. The molecule has 0 aliphatic rings. The third kappa shape index (κ3) is 5.87. The molecule has 0 heterocycles. The molecule has 0 bridgehead atoms. The fourth-order valence-electron chi connectivity index (χ4n) is 2.20. The molecule has 20 heavy (non-hydrogen) atoms. The van der Waals surface area contributed by atoms with Gasteiger partial charge in [-0.1, -0.05) is 31.5 Å². The minimum Gasteiger partial charge on any atom is -0.481 e. The van der Waals surface area contributed by atoms with Crippen LogP contribution in [0.4, 0.5) is 0 Å². The van der Waals surface area contributed by atoms with Gasteiger partial charge in [0.1, 0.15) is 0 Å². The van der Waals surface area contributed by atoms with Gasteiger partial charge in [-0.2, -0.15) is 0 Å². The zero-order valence-corrected chi connectivity index (χ0v) is 12.3. The molecule has 0 aromatic heterocycles. The third-order valence-corrected chi connectivity index (χ3v) is 3.13. The number of hydrogen-bond acceptors (Lipinski definition) is 2. The minimum absolute atomic E-state index is 0.0260. The summed E-state index contributed by atoms with van der Waals surface area (Å²) in [5.74, 6) is -0.582. The molecule has 0 unspecified atom stereocenters. The second-order valence-corrected chi connectivity index (χ2v) is 5.67. The Hall–Kier alpha value is -1.84. The molecule has 4 nitrogen and oxygen atoms in total. The van der Waals surface area contributed by atoms with Gasteiger partial charge in [0, 0.05) is 18.5 Å². The van der Waals surface area contributed by atoms with Crippen molar-refractivity contribution < 1.29 is 14.7 Å². The number of aliphatic carboxylic acids is 1. The Balaban J connectivity index is 2.55. The lowest BCUT2D eigenvalue weighted by molar-refractivity contribution is -0.138. The van der Waals surface area contributed by atoms with Gasteiger partial charge in [-0.05, 0) is 37.3 Å². The predicted molar refractivity (Wildman–Crippen MR) is 78.7 cm³/mol. The fourth-order valence-corrected chi connectivity index (χ4v) is 2.20. The summed E-state index contributed by atoms with van der Waals surface area (Å²) in [6, 6.07) is 7.33. The summed E-state index contributed by atoms with van der Waals surface area (Å²) in [7, 11) is 0. The van der Waals surface area contributed by atoms with Crippen molar-refractivity contribution in [3.63, 3.8) is 0 Å². The zero-order valence-electron chi connectivity index (χ0n) is 12.3. The lowest BCUT2D eigenvalue weighted by Gasteiger charge is -2.17. The van der Waals surface area contributed by atoms with Crippen LogP contribution in [0.2, 0.25) is 0 Å². The molecule has 0 fully saturated rings. The molecule has 0 radical (unpaired) electrons. The summed E-state index contributed by atoms with van der Waals surface area (Å²) in [4.78, 5) is 22.8. The average molecular weight is 277 g/mol. The van der Waals surface area contributed by atoms with Crippen LogP contribution in [0.3, 0.4) is 0 Å². The topological polar surface area (TPSA) is 66.4 Å². The van der Waals surface area contributed by atoms with E-state index in [0.717, 1.165) is 12.0 Å². The molecular formula is C16H23NO3. The van der Waals surface area contributed by atoms with Crippen LogP contribution in [0.1, 0.15) is 42.6 Å². The Labute approximate surface area is 120 Å². The number of rotatable bonds is 7. The second-order valence-electron chi connectivity index (χ2n) is 5.67. The molecule has 1 aromatic carbocycles. The van der Waals surface area contributed by atoms with Crippen molar-refractivity contribution in [1.29, 1.82) is 0 Å². The number of carboxylic acid groups (broad SMARTS) is 1. The highest BCUT2D eigenvalue weighted by atomic mass is 16.4. The van der Waals surface area contributed by atoms with E-state index in [2.05, 4.69) is 19.2 Å². The van der Waals surface area contributed by atoms with E-state index in [4.69, 9.17) is 5.11 Å². The van der Waals surface area contributed by atoms with Crippen LogP contribution < -0.4 is 5.32 Å². The van der Waals surface area contributed by atoms with Gasteiger partial charge < -0.3 is 10.4 Å². The molecule has 110 valence electrons. The lowest BCUT2D eigenvalue weighted by atomic mass is 9.94. The van der Waals surface area contributed by atoms with Gasteiger partial charge >= 0.3 is 5.97 Å². The third-order valence-electron chi connectivity index (χ3n) is 3.13. The van der Waals surface area contributed by atoms with Crippen LogP contribution in [0, 0.1) is 18.8 Å². The van der Waals surface area contributed by atoms with Gasteiger partial charge in [-0.25, -0.2) is 0 Å². The van der Waals surface area contributed by atoms with Crippen molar-refractivity contribution in [2.75, 3.05) is 6.54 Å². The monoisotopic (exact) mass is 277 g/mol. The molecule has 1 amide bonds. The molecule has 0 saturated carbocycles. The highest BCUT2D eigenvalue weighted by molar-refractivity contribution is 5.94. The number of benzene rings is 1. The number of carboxylic acids is 1. The van der Waals surface area contributed by atoms with E-state index in [1.807, 2.05) is 19.1 Å². The minimum atomic E-state index is -0.819. The Bertz CT molecular complexity index is 451. The Morgan fingerprint density at radius 2 is 1.80 bits per heavy atom. The van der Waals surface area contributed by atoms with Gasteiger partial charge in [0.25, 0.3) is 5.91 Å². The molecule has 2 N–H and O–H groups in total. The van der Waals surface area contributed by atoms with Crippen molar-refractivity contribution in [3.8, 4) is 0 Å². The quantitative estimate of drug-likeness (QED) is 0.805. The van der Waals surface area contributed by atoms with Crippen molar-refractivity contribution in [3.05, 3.63) is 35.4 Å². The molecule has 1 rings (SSSR count). The first kappa shape index (κ1) is 16.2. The van der Waals surface area contributed by atoms with Gasteiger partial charge in [0.15, 0.2) is 0 Å². The van der Waals surface area contributed by atoms with E-state index in [9.17, 15) is 9.59 Å². The van der Waals surface area contributed by atoms with Crippen LogP contribution in [0.25, 0.3) is 0 Å². The van der Waals surface area contributed by atoms with Gasteiger partial charge in [0.2, 0.25) is 0 Å². The maximum absolute atomic E-state index is 12.0. The largest absolute Gasteiger partial charge is 0.481 e. The smallest absolute Gasteiger partial charge is 0.303 e. The number of nitrogens with one attached hydrogen (secondary N) is 1. The normalized spacial score (nSPS) is 12.2. The summed E-state index contributed by atoms with van der Waals surface area (Å²) in [6.07, 6.45) is 0.882. The molecule has 0 aliphatic heterocycles. The van der Waals surface area contributed by atoms with E-state index in [1.165, 1.54) is 0 Å². The van der Waals surface area contributed by atoms with Crippen LogP contribution >= 0.6 is 0 Å². The first-order chi connectivity index (χ1) is 9.38. The summed E-state index contributed by atoms with van der Waals surface area (Å²) >= 11 is 0. The first-order valence-electron chi connectivity index (χ1n) is 6.95. The molecule has 0 spiro atoms. The molecule has 4 heteroatoms. The Morgan fingerprint density at radius 1 is 1.20 bits per heavy atom. The van der Waals surface area contributed by atoms with Gasteiger partial charge in [-0.3, -0.25) is 9.59 Å². The molecular weight excluding hydrogens is 254 g/mol. The van der Waals surface area contributed by atoms with E-state index >= 15 is 0 Å². The van der Waals surface area contributed by atoms with Crippen LogP contribution in [0.15, 0.2) is 24.3 Å². The van der Waals surface area contributed by atoms with E-state index in [-0.39, 0.29) is 18.2 Å². The molecule has 1 aromatic rings. The summed E-state index contributed by atoms with van der Waals surface area (Å²) in [5, 5.41) is 11.7. The summed E-state index contributed by atoms with van der Waals surface area (Å²) in [5.41, 5.74) is 1.71. The summed E-state index contributed by atoms with van der Waals surface area (Å²) in [6.45, 7) is 6.47. The van der Waals surface area contributed by atoms with Crippen LogP contribution in [-0.2, 0) is 4.79 Å². The van der Waals surface area contributed by atoms with Gasteiger partial charge in [-0.15, -0.1) is 0 Å². The number of amides is 1. The fraction of sp³-hybridized carbons (Fsp3) is 0.500. The average Bonchev–Trinajstić information content (AvgIpc) is 2.35. The number of aryl methyl sites for hydroxylation is 1. The van der Waals surface area contributed by atoms with E-state index in [1.54, 1.807) is 12.1 Å². The van der Waals surface area contributed by atoms with Gasteiger partial charge in [0.05, 0.1) is 0 Å². The van der Waals surface area contributed by atoms with Crippen LogP contribution in [-0.4, -0.2) is 23.5 Å². The van der Waals surface area contributed by atoms with Crippen LogP contribution in [0.5, 0.6) is 0 Å². The van der Waals surface area contributed by atoms with E-state index < -0.39 is 5.97 Å². The van der Waals surface area contributed by atoms with Crippen molar-refractivity contribution in [2.45, 2.75) is 33.6 Å². The highest BCUT2D eigenvalue weighted by Gasteiger charge is 2.16. The lowest BCUT2D eigenvalue weighted by Crippen LogP contribution is -2.31. The van der Waals surface area contributed by atoms with E-state index in [0.29, 0.717) is 18.0 Å². The SMILES string of the molecule is Cc1ccc(C(=O)NC[C@H](CC(=O)O)CC(C)C)cc1. The second kappa shape index (κ2) is 7.68. The zero-order chi connectivity index (χ0) is 15.1. The maximum atomic E-state index is 12.0. The number of hydrogen-bond donors (Lipinski definition) is 2. The molecule has 0 aliphatic carbocycles. The predicted octanol–water partition coefficient (Wildman–Crippen LogP) is 2.86. The van der Waals surface area contributed by atoms with Crippen molar-refractivity contribution in [1.82, 2.24) is 5.32 Å². The number of carbonyl (C=O) groups excluding carboxylic acids is 1. The maximum Gasteiger partial charge on any atom is 0.303 e. The van der Waals surface area contributed by atoms with Crippen molar-refractivity contribution in [2.24, 2.45) is 11.8 Å².